The summed E-state index contributed by atoms with van der Waals surface area (Å²) in [4.78, 5) is 26.4. The maximum atomic E-state index is 13.0. The molecule has 0 bridgehead atoms. The van der Waals surface area contributed by atoms with Gasteiger partial charge in [-0.25, -0.2) is 4.79 Å². The minimum atomic E-state index is -0.899. The Hall–Kier alpha value is -2.70. The van der Waals surface area contributed by atoms with Crippen molar-refractivity contribution in [2.75, 3.05) is 0 Å². The minimum Gasteiger partial charge on any atom is -0.480 e. The van der Waals surface area contributed by atoms with Gasteiger partial charge in [0, 0.05) is 17.3 Å². The highest BCUT2D eigenvalue weighted by Crippen LogP contribution is 2.40. The van der Waals surface area contributed by atoms with E-state index in [1.165, 1.54) is 0 Å². The van der Waals surface area contributed by atoms with Crippen molar-refractivity contribution in [1.29, 1.82) is 0 Å². The number of aliphatic carboxylic acids is 1. The number of rotatable bonds is 3. The van der Waals surface area contributed by atoms with Crippen LogP contribution >= 0.6 is 0 Å². The van der Waals surface area contributed by atoms with Crippen LogP contribution in [0.5, 0.6) is 0 Å². The molecule has 1 aromatic heterocycles. The van der Waals surface area contributed by atoms with Gasteiger partial charge < -0.3 is 10.0 Å². The first-order valence-corrected chi connectivity index (χ1v) is 8.65. The van der Waals surface area contributed by atoms with Gasteiger partial charge in [0.2, 0.25) is 0 Å². The molecule has 7 heteroatoms. The van der Waals surface area contributed by atoms with Gasteiger partial charge in [0.05, 0.1) is 0 Å². The number of carbonyl (C=O) groups is 2. The van der Waals surface area contributed by atoms with Crippen LogP contribution in [0.1, 0.15) is 42.5 Å². The van der Waals surface area contributed by atoms with Crippen molar-refractivity contribution in [3.8, 4) is 5.69 Å². The fourth-order valence-corrected chi connectivity index (χ4v) is 4.23. The maximum Gasteiger partial charge on any atom is 0.326 e. The summed E-state index contributed by atoms with van der Waals surface area (Å²) in [6.45, 7) is 0. The van der Waals surface area contributed by atoms with Gasteiger partial charge in [0.1, 0.15) is 18.7 Å². The van der Waals surface area contributed by atoms with Crippen LogP contribution in [0.3, 0.4) is 0 Å². The third kappa shape index (κ3) is 2.79. The van der Waals surface area contributed by atoms with Gasteiger partial charge in [-0.3, -0.25) is 9.36 Å². The van der Waals surface area contributed by atoms with Gasteiger partial charge in [0.25, 0.3) is 5.91 Å². The van der Waals surface area contributed by atoms with E-state index in [2.05, 4.69) is 10.2 Å². The Labute approximate surface area is 145 Å². The molecule has 1 saturated carbocycles. The molecule has 1 aromatic carbocycles. The molecule has 25 heavy (non-hydrogen) atoms. The number of nitrogens with zero attached hydrogens (tertiary/aromatic N) is 4. The largest absolute Gasteiger partial charge is 0.480 e. The number of benzene rings is 1. The zero-order chi connectivity index (χ0) is 17.4. The summed E-state index contributed by atoms with van der Waals surface area (Å²) >= 11 is 0. The first-order chi connectivity index (χ1) is 12.1. The van der Waals surface area contributed by atoms with Crippen molar-refractivity contribution in [3.05, 3.63) is 42.5 Å². The van der Waals surface area contributed by atoms with Crippen molar-refractivity contribution in [2.24, 2.45) is 5.92 Å². The number of carboxylic acid groups (broad SMARTS) is 1. The Morgan fingerprint density at radius 1 is 1.04 bits per heavy atom. The number of hydrogen-bond donors (Lipinski definition) is 1. The van der Waals surface area contributed by atoms with E-state index in [1.807, 2.05) is 12.1 Å². The van der Waals surface area contributed by atoms with Gasteiger partial charge in [-0.15, -0.1) is 10.2 Å². The lowest BCUT2D eigenvalue weighted by Gasteiger charge is -2.33. The van der Waals surface area contributed by atoms with Crippen molar-refractivity contribution >= 4 is 11.9 Å². The molecule has 1 aliphatic heterocycles. The lowest BCUT2D eigenvalue weighted by molar-refractivity contribution is -0.141. The van der Waals surface area contributed by atoms with Crippen molar-refractivity contribution in [2.45, 2.75) is 44.2 Å². The molecule has 1 amide bonds. The number of likely N-dealkylation sites (tertiary alicyclic amines) is 1. The SMILES string of the molecule is O=C(O)[C@@H]1C[C@@H]2CCCC[C@@H]2N1C(=O)c1ccc(-n2cnnc2)cc1. The van der Waals surface area contributed by atoms with Crippen LogP contribution < -0.4 is 0 Å². The van der Waals surface area contributed by atoms with E-state index < -0.39 is 12.0 Å². The second-order valence-corrected chi connectivity index (χ2v) is 6.83. The molecule has 0 unspecified atom stereocenters. The van der Waals surface area contributed by atoms with Crippen LogP contribution in [0.15, 0.2) is 36.9 Å². The molecule has 2 fully saturated rings. The highest BCUT2D eigenvalue weighted by atomic mass is 16.4. The summed E-state index contributed by atoms with van der Waals surface area (Å²) in [6.07, 6.45) is 7.86. The van der Waals surface area contributed by atoms with Gasteiger partial charge in [-0.2, -0.15) is 0 Å². The fraction of sp³-hybridized carbons (Fsp3) is 0.444. The number of carbonyl (C=O) groups excluding carboxylic acids is 1. The van der Waals surface area contributed by atoms with E-state index in [0.29, 0.717) is 17.9 Å². The first kappa shape index (κ1) is 15.8. The monoisotopic (exact) mass is 340 g/mol. The summed E-state index contributed by atoms with van der Waals surface area (Å²) in [7, 11) is 0. The molecule has 0 radical (unpaired) electrons. The third-order valence-corrected chi connectivity index (χ3v) is 5.44. The predicted octanol–water partition coefficient (Wildman–Crippen LogP) is 2.13. The number of carboxylic acids is 1. The van der Waals surface area contributed by atoms with Crippen LogP contribution in [0.4, 0.5) is 0 Å². The first-order valence-electron chi connectivity index (χ1n) is 8.65. The van der Waals surface area contributed by atoms with Crippen LogP contribution in [-0.4, -0.2) is 48.7 Å². The minimum absolute atomic E-state index is 0.0554. The second-order valence-electron chi connectivity index (χ2n) is 6.83. The van der Waals surface area contributed by atoms with Crippen molar-refractivity contribution in [1.82, 2.24) is 19.7 Å². The van der Waals surface area contributed by atoms with E-state index in [4.69, 9.17) is 0 Å². The third-order valence-electron chi connectivity index (χ3n) is 5.44. The summed E-state index contributed by atoms with van der Waals surface area (Å²) in [6, 6.07) is 6.47. The molecule has 0 spiro atoms. The highest BCUT2D eigenvalue weighted by molar-refractivity contribution is 5.97. The Morgan fingerprint density at radius 3 is 2.40 bits per heavy atom. The van der Waals surface area contributed by atoms with Gasteiger partial charge in [0.15, 0.2) is 0 Å². The number of fused-ring (bicyclic) bond motifs is 1. The molecule has 2 aromatic rings. The van der Waals surface area contributed by atoms with Gasteiger partial charge >= 0.3 is 5.97 Å². The van der Waals surface area contributed by atoms with Crippen molar-refractivity contribution in [3.63, 3.8) is 0 Å². The molecule has 4 rings (SSSR count). The summed E-state index contributed by atoms with van der Waals surface area (Å²) in [5, 5.41) is 17.1. The fourth-order valence-electron chi connectivity index (χ4n) is 4.23. The molecule has 2 heterocycles. The summed E-state index contributed by atoms with van der Waals surface area (Å²) in [5.74, 6) is -0.768. The van der Waals surface area contributed by atoms with Gasteiger partial charge in [-0.1, -0.05) is 12.8 Å². The molecular weight excluding hydrogens is 320 g/mol. The molecule has 130 valence electrons. The van der Waals surface area contributed by atoms with Gasteiger partial charge in [-0.05, 0) is 49.4 Å². The van der Waals surface area contributed by atoms with Crippen LogP contribution in [-0.2, 0) is 4.79 Å². The zero-order valence-corrected chi connectivity index (χ0v) is 13.8. The summed E-state index contributed by atoms with van der Waals surface area (Å²) < 4.78 is 1.75. The van der Waals surface area contributed by atoms with E-state index in [-0.39, 0.29) is 11.9 Å². The Balaban J connectivity index is 1.61. The van der Waals surface area contributed by atoms with Crippen LogP contribution in [0.25, 0.3) is 5.69 Å². The highest BCUT2D eigenvalue weighted by Gasteiger charge is 2.47. The maximum absolute atomic E-state index is 13.0. The molecule has 1 N–H and O–H groups in total. The quantitative estimate of drug-likeness (QED) is 0.924. The van der Waals surface area contributed by atoms with Crippen molar-refractivity contribution < 1.29 is 14.7 Å². The number of amides is 1. The topological polar surface area (TPSA) is 88.3 Å². The zero-order valence-electron chi connectivity index (χ0n) is 13.8. The Kier molecular flexibility index (Phi) is 3.99. The smallest absolute Gasteiger partial charge is 0.326 e. The Morgan fingerprint density at radius 2 is 1.72 bits per heavy atom. The average molecular weight is 340 g/mol. The lowest BCUT2D eigenvalue weighted by Crippen LogP contribution is -2.46. The Bertz CT molecular complexity index is 772. The van der Waals surface area contributed by atoms with Crippen LogP contribution in [0.2, 0.25) is 0 Å². The molecule has 7 nitrogen and oxygen atoms in total. The summed E-state index contributed by atoms with van der Waals surface area (Å²) in [5.41, 5.74) is 1.38. The normalized spacial score (nSPS) is 25.6. The second kappa shape index (κ2) is 6.31. The molecule has 3 atom stereocenters. The molecule has 1 aliphatic carbocycles. The average Bonchev–Trinajstić information content (AvgIpc) is 3.29. The molecule has 1 saturated heterocycles. The predicted molar refractivity (Wildman–Crippen MR) is 89.3 cm³/mol. The van der Waals surface area contributed by atoms with Crippen LogP contribution in [0, 0.1) is 5.92 Å². The lowest BCUT2D eigenvalue weighted by atomic mass is 9.84. The van der Waals surface area contributed by atoms with E-state index in [1.54, 1.807) is 34.3 Å². The van der Waals surface area contributed by atoms with E-state index in [9.17, 15) is 14.7 Å². The molecular formula is C18H20N4O3. The number of hydrogen-bond acceptors (Lipinski definition) is 4. The van der Waals surface area contributed by atoms with E-state index >= 15 is 0 Å². The number of aromatic nitrogens is 3. The molecule has 2 aliphatic rings. The standard InChI is InChI=1S/C18H20N4O3/c23-17(12-5-7-14(8-6-12)21-10-19-20-11-21)22-15-4-2-1-3-13(15)9-16(22)18(24)25/h5-8,10-11,13,15-16H,1-4,9H2,(H,24,25)/t13-,15-,16-/m0/s1. The van der Waals surface area contributed by atoms with E-state index in [0.717, 1.165) is 31.4 Å².